The number of likely N-dealkylation sites (tertiary alicyclic amines) is 2. The first-order valence-electron chi connectivity index (χ1n) is 20.9. The van der Waals surface area contributed by atoms with Gasteiger partial charge in [0.25, 0.3) is 0 Å². The van der Waals surface area contributed by atoms with Crippen LogP contribution < -0.4 is 10.6 Å². The smallest absolute Gasteiger partial charge is 0.407 e. The number of aromatic nitrogens is 4. The van der Waals surface area contributed by atoms with Gasteiger partial charge in [0.1, 0.15) is 24.2 Å². The number of imidazole rings is 2. The van der Waals surface area contributed by atoms with Gasteiger partial charge < -0.3 is 39.9 Å². The van der Waals surface area contributed by atoms with Crippen molar-refractivity contribution in [3.8, 4) is 33.6 Å². The number of nitrogens with zero attached hydrogens (tertiary/aromatic N) is 4. The minimum atomic E-state index is -0.733. The minimum Gasteiger partial charge on any atom is -0.453 e. The zero-order valence-electron chi connectivity index (χ0n) is 34.7. The number of amides is 4. The van der Waals surface area contributed by atoms with Crippen LogP contribution in [0.2, 0.25) is 0 Å². The fourth-order valence-corrected chi connectivity index (χ4v) is 9.78. The number of H-pyrrole nitrogens is 2. The van der Waals surface area contributed by atoms with Gasteiger partial charge in [0, 0.05) is 18.2 Å². The van der Waals surface area contributed by atoms with E-state index in [1.54, 1.807) is 0 Å². The number of piperidine rings is 1. The molecule has 14 nitrogen and oxygen atoms in total. The molecular weight excluding hydrogens is 761 g/mol. The maximum Gasteiger partial charge on any atom is 0.407 e. The summed E-state index contributed by atoms with van der Waals surface area (Å²) in [4.78, 5) is 71.6. The van der Waals surface area contributed by atoms with Crippen LogP contribution >= 0.6 is 0 Å². The van der Waals surface area contributed by atoms with E-state index in [1.165, 1.54) is 14.2 Å². The van der Waals surface area contributed by atoms with Crippen LogP contribution in [0, 0.1) is 16.7 Å². The topological polar surface area (TPSA) is 175 Å². The molecule has 1 spiro atoms. The van der Waals surface area contributed by atoms with Crippen molar-refractivity contribution in [1.82, 2.24) is 40.4 Å². The molecular formula is C46H52N8O6. The van der Waals surface area contributed by atoms with Gasteiger partial charge in [-0.3, -0.25) is 9.59 Å². The predicted molar refractivity (Wildman–Crippen MR) is 225 cm³/mol. The summed E-state index contributed by atoms with van der Waals surface area (Å²) in [6, 6.07) is 20.3. The summed E-state index contributed by atoms with van der Waals surface area (Å²) in [5.41, 5.74) is 5.59. The Labute approximate surface area is 348 Å². The van der Waals surface area contributed by atoms with Crippen molar-refractivity contribution >= 4 is 34.8 Å². The van der Waals surface area contributed by atoms with Crippen molar-refractivity contribution in [3.05, 3.63) is 84.7 Å². The number of nitrogens with one attached hydrogen (secondary N) is 4. The van der Waals surface area contributed by atoms with E-state index < -0.39 is 23.6 Å². The summed E-state index contributed by atoms with van der Waals surface area (Å²) >= 11 is 0. The largest absolute Gasteiger partial charge is 0.453 e. The van der Waals surface area contributed by atoms with Gasteiger partial charge in [-0.15, -0.1) is 0 Å². The third-order valence-corrected chi connectivity index (χ3v) is 13.2. The molecule has 2 aromatic heterocycles. The maximum absolute atomic E-state index is 14.2. The molecule has 2 saturated carbocycles. The van der Waals surface area contributed by atoms with Crippen LogP contribution in [-0.2, 0) is 19.1 Å². The third kappa shape index (κ3) is 7.36. The molecule has 0 unspecified atom stereocenters. The normalized spacial score (nSPS) is 21.9. The fraction of sp³-hybridized carbons (Fsp3) is 0.435. The van der Waals surface area contributed by atoms with Gasteiger partial charge in [0.15, 0.2) is 0 Å². The predicted octanol–water partition coefficient (Wildman–Crippen LogP) is 7.52. The molecule has 2 bridgehead atoms. The van der Waals surface area contributed by atoms with E-state index in [0.29, 0.717) is 12.5 Å². The zero-order valence-corrected chi connectivity index (χ0v) is 34.7. The number of hydrogen-bond donors (Lipinski definition) is 4. The van der Waals surface area contributed by atoms with Gasteiger partial charge in [0.05, 0.1) is 50.1 Å². The van der Waals surface area contributed by atoms with E-state index >= 15 is 0 Å². The lowest BCUT2D eigenvalue weighted by molar-refractivity contribution is -0.141. The SMILES string of the molecule is COC(=O)NCC(=O)N1CC2(CC2)C[C@H]1c1ncc(-c2ccc3cc(-c4ccc(-c5cnc([C@@H]6[C@H]7CC[C@H](C7)N6C(=O)[C@@H](NC(=O)OC)C(C)(C)C)[nH]5)cc4)ccc3c2)[nH]1. The molecule has 2 aliphatic carbocycles. The summed E-state index contributed by atoms with van der Waals surface area (Å²) < 4.78 is 9.51. The molecule has 4 amide bonds. The standard InChI is InChI=1S/C46H52N8O6/c1-45(2,3)39(52-44(58)60-5)42(56)54-33-15-14-32(20-33)38(54)41-48-22-34(51-41)27-8-6-26(7-9-27)28-10-11-30-19-31(13-12-29(30)18-28)35-23-47-40(50-35)36-21-46(16-17-46)25-53(36)37(55)24-49-43(57)59-4/h6-13,18-19,22-23,32-33,36,38-39H,14-17,20-21,24-25H2,1-5H3,(H,47,50)(H,48,51)(H,49,57)(H,52,58)/t32-,33+,36-,38-,39+/m0/s1. The number of rotatable bonds is 9. The molecule has 4 heterocycles. The van der Waals surface area contributed by atoms with E-state index in [2.05, 4.69) is 86.0 Å². The van der Waals surface area contributed by atoms with Crippen LogP contribution in [0.4, 0.5) is 9.59 Å². The second-order valence-corrected chi connectivity index (χ2v) is 18.2. The molecule has 3 aromatic carbocycles. The Bertz CT molecular complexity index is 2460. The van der Waals surface area contributed by atoms with E-state index in [4.69, 9.17) is 14.7 Å². The highest BCUT2D eigenvalue weighted by molar-refractivity contribution is 5.91. The molecule has 4 aliphatic rings. The van der Waals surface area contributed by atoms with Gasteiger partial charge >= 0.3 is 12.2 Å². The van der Waals surface area contributed by atoms with Crippen molar-refractivity contribution in [3.63, 3.8) is 0 Å². The third-order valence-electron chi connectivity index (χ3n) is 13.2. The number of hydrogen-bond acceptors (Lipinski definition) is 8. The van der Waals surface area contributed by atoms with Crippen molar-refractivity contribution in [2.24, 2.45) is 16.7 Å². The molecule has 60 heavy (non-hydrogen) atoms. The van der Waals surface area contributed by atoms with Crippen LogP contribution in [0.5, 0.6) is 0 Å². The molecule has 2 saturated heterocycles. The first kappa shape index (κ1) is 39.3. The Morgan fingerprint density at radius 2 is 1.43 bits per heavy atom. The number of carbonyl (C=O) groups excluding carboxylic acids is 4. The summed E-state index contributed by atoms with van der Waals surface area (Å²) in [5.74, 6) is 1.59. The van der Waals surface area contributed by atoms with Gasteiger partial charge in [-0.05, 0) is 94.9 Å². The highest BCUT2D eigenvalue weighted by Gasteiger charge is 2.55. The van der Waals surface area contributed by atoms with E-state index in [-0.39, 0.29) is 41.9 Å². The van der Waals surface area contributed by atoms with Gasteiger partial charge in [-0.2, -0.15) is 0 Å². The summed E-state index contributed by atoms with van der Waals surface area (Å²) in [7, 11) is 2.59. The fourth-order valence-electron chi connectivity index (χ4n) is 9.78. The van der Waals surface area contributed by atoms with Crippen LogP contribution in [0.1, 0.15) is 83.0 Å². The first-order chi connectivity index (χ1) is 28.8. The number of aromatic amines is 2. The lowest BCUT2D eigenvalue weighted by atomic mass is 9.85. The molecule has 4 fully saturated rings. The minimum absolute atomic E-state index is 0.102. The van der Waals surface area contributed by atoms with Gasteiger partial charge in [0.2, 0.25) is 11.8 Å². The van der Waals surface area contributed by atoms with E-state index in [1.807, 2.05) is 43.0 Å². The Morgan fingerprint density at radius 3 is 2.12 bits per heavy atom. The number of carbonyl (C=O) groups is 4. The second kappa shape index (κ2) is 15.1. The number of fused-ring (bicyclic) bond motifs is 3. The van der Waals surface area contributed by atoms with Gasteiger partial charge in [-0.25, -0.2) is 19.6 Å². The summed E-state index contributed by atoms with van der Waals surface area (Å²) in [6.07, 6.45) is 8.40. The van der Waals surface area contributed by atoms with E-state index in [9.17, 15) is 19.2 Å². The molecule has 312 valence electrons. The first-order valence-corrected chi connectivity index (χ1v) is 20.9. The Morgan fingerprint density at radius 1 is 0.817 bits per heavy atom. The molecule has 4 N–H and O–H groups in total. The average molecular weight is 813 g/mol. The molecule has 5 atom stereocenters. The molecule has 9 rings (SSSR count). The second-order valence-electron chi connectivity index (χ2n) is 18.2. The van der Waals surface area contributed by atoms with Gasteiger partial charge in [-0.1, -0.05) is 69.3 Å². The number of methoxy groups -OCH3 is 2. The Hall–Kier alpha value is -6.18. The molecule has 0 radical (unpaired) electrons. The van der Waals surface area contributed by atoms with Crippen molar-refractivity contribution in [1.29, 1.82) is 0 Å². The highest BCUT2D eigenvalue weighted by Crippen LogP contribution is 2.58. The molecule has 2 aliphatic heterocycles. The number of alkyl carbamates (subject to hydrolysis) is 2. The molecule has 14 heteroatoms. The average Bonchev–Trinajstić information content (AvgIpc) is 3.88. The zero-order chi connectivity index (χ0) is 41.9. The van der Waals surface area contributed by atoms with Crippen LogP contribution in [0.3, 0.4) is 0 Å². The lowest BCUT2D eigenvalue weighted by Gasteiger charge is -2.40. The van der Waals surface area contributed by atoms with Crippen LogP contribution in [0.25, 0.3) is 44.4 Å². The Balaban J connectivity index is 0.890. The summed E-state index contributed by atoms with van der Waals surface area (Å²) in [5, 5.41) is 7.53. The highest BCUT2D eigenvalue weighted by atomic mass is 16.5. The molecule has 5 aromatic rings. The van der Waals surface area contributed by atoms with Crippen LogP contribution in [-0.4, -0.2) is 93.1 Å². The lowest BCUT2D eigenvalue weighted by Crippen LogP contribution is -2.56. The van der Waals surface area contributed by atoms with Crippen molar-refractivity contribution in [2.75, 3.05) is 27.3 Å². The van der Waals surface area contributed by atoms with Crippen molar-refractivity contribution in [2.45, 2.75) is 83.5 Å². The summed E-state index contributed by atoms with van der Waals surface area (Å²) in [6.45, 7) is 6.41. The Kier molecular flexibility index (Phi) is 9.91. The monoisotopic (exact) mass is 812 g/mol. The maximum atomic E-state index is 14.2. The van der Waals surface area contributed by atoms with E-state index in [0.717, 1.165) is 94.6 Å². The van der Waals surface area contributed by atoms with Crippen molar-refractivity contribution < 1.29 is 28.7 Å². The number of benzene rings is 3. The van der Waals surface area contributed by atoms with Crippen LogP contribution in [0.15, 0.2) is 73.1 Å². The quantitative estimate of drug-likeness (QED) is 0.118. The number of ether oxygens (including phenoxy) is 2.